The molecular formula is C29H27NO5. The first-order chi connectivity index (χ1) is 16.7. The Hall–Kier alpha value is -4.19. The fourth-order valence-corrected chi connectivity index (χ4v) is 4.51. The molecule has 3 aromatic rings. The summed E-state index contributed by atoms with van der Waals surface area (Å²) in [5.41, 5.74) is 4.07. The van der Waals surface area contributed by atoms with Gasteiger partial charge >= 0.3 is 5.97 Å². The summed E-state index contributed by atoms with van der Waals surface area (Å²) in [5, 5.41) is 10.9. The minimum Gasteiger partial charge on any atom is -0.503 e. The summed E-state index contributed by atoms with van der Waals surface area (Å²) < 4.78 is 5.24. The zero-order valence-corrected chi connectivity index (χ0v) is 19.9. The number of amides is 1. The lowest BCUT2D eigenvalue weighted by Gasteiger charge is -2.28. The summed E-state index contributed by atoms with van der Waals surface area (Å²) in [6.45, 7) is 5.15. The molecule has 0 aromatic heterocycles. The van der Waals surface area contributed by atoms with Crippen molar-refractivity contribution in [2.24, 2.45) is 0 Å². The standard InChI is InChI=1S/C29H27NO5/c1-18-14-19(2)16-23(15-18)30-27(22-10-7-11-24(17-22)35-20(3)31)26(28(33)29(30)34)25(32)13-12-21-8-5-4-6-9-21/h4-11,14-17,27,33H,12-13H2,1-3H3. The second-order valence-corrected chi connectivity index (χ2v) is 8.76. The molecule has 0 saturated heterocycles. The highest BCUT2D eigenvalue weighted by Gasteiger charge is 2.44. The van der Waals surface area contributed by atoms with Gasteiger partial charge in [0.15, 0.2) is 11.5 Å². The molecule has 0 aliphatic carbocycles. The van der Waals surface area contributed by atoms with Crippen molar-refractivity contribution in [3.05, 3.63) is 106 Å². The van der Waals surface area contributed by atoms with E-state index < -0.39 is 23.7 Å². The maximum atomic E-state index is 13.4. The van der Waals surface area contributed by atoms with Crippen LogP contribution in [-0.4, -0.2) is 22.8 Å². The molecule has 1 aliphatic heterocycles. The number of aryl methyl sites for hydroxylation is 3. The summed E-state index contributed by atoms with van der Waals surface area (Å²) in [5.74, 6) is -1.68. The normalized spacial score (nSPS) is 15.5. The number of aliphatic hydroxyl groups is 1. The lowest BCUT2D eigenvalue weighted by Crippen LogP contribution is -2.31. The molecule has 1 atom stereocenters. The molecule has 1 heterocycles. The minimum absolute atomic E-state index is 0.0464. The van der Waals surface area contributed by atoms with Crippen LogP contribution in [0.1, 0.15) is 41.6 Å². The van der Waals surface area contributed by atoms with Crippen LogP contribution in [0.4, 0.5) is 5.69 Å². The van der Waals surface area contributed by atoms with Crippen LogP contribution >= 0.6 is 0 Å². The third-order valence-corrected chi connectivity index (χ3v) is 5.91. The van der Waals surface area contributed by atoms with Crippen molar-refractivity contribution in [1.29, 1.82) is 0 Å². The van der Waals surface area contributed by atoms with Crippen LogP contribution in [0.15, 0.2) is 84.1 Å². The fourth-order valence-electron chi connectivity index (χ4n) is 4.51. The van der Waals surface area contributed by atoms with Gasteiger partial charge in [-0.05, 0) is 66.8 Å². The molecule has 0 fully saturated rings. The van der Waals surface area contributed by atoms with Gasteiger partial charge in [0.25, 0.3) is 5.91 Å². The lowest BCUT2D eigenvalue weighted by atomic mass is 9.92. The highest BCUT2D eigenvalue weighted by Crippen LogP contribution is 2.42. The van der Waals surface area contributed by atoms with Crippen molar-refractivity contribution in [2.45, 2.75) is 39.7 Å². The van der Waals surface area contributed by atoms with Crippen molar-refractivity contribution in [3.63, 3.8) is 0 Å². The Bertz CT molecular complexity index is 1310. The molecular weight excluding hydrogens is 442 g/mol. The molecule has 1 aliphatic rings. The first-order valence-corrected chi connectivity index (χ1v) is 11.4. The Morgan fingerprint density at radius 2 is 1.63 bits per heavy atom. The Labute approximate surface area is 204 Å². The van der Waals surface area contributed by atoms with Crippen LogP contribution in [0.2, 0.25) is 0 Å². The molecule has 6 heteroatoms. The molecule has 35 heavy (non-hydrogen) atoms. The first kappa shape index (κ1) is 24.0. The number of hydrogen-bond acceptors (Lipinski definition) is 5. The lowest BCUT2D eigenvalue weighted by molar-refractivity contribution is -0.132. The predicted octanol–water partition coefficient (Wildman–Crippen LogP) is 5.33. The van der Waals surface area contributed by atoms with Crippen LogP contribution in [0, 0.1) is 13.8 Å². The highest BCUT2D eigenvalue weighted by molar-refractivity contribution is 6.16. The van der Waals surface area contributed by atoms with Gasteiger partial charge in [-0.15, -0.1) is 0 Å². The van der Waals surface area contributed by atoms with Crippen molar-refractivity contribution in [2.75, 3.05) is 4.90 Å². The average Bonchev–Trinajstić information content (AvgIpc) is 3.08. The zero-order chi connectivity index (χ0) is 25.1. The van der Waals surface area contributed by atoms with Gasteiger partial charge in [-0.25, -0.2) is 0 Å². The van der Waals surface area contributed by atoms with E-state index in [1.54, 1.807) is 24.3 Å². The summed E-state index contributed by atoms with van der Waals surface area (Å²) in [6, 6.07) is 21.1. The van der Waals surface area contributed by atoms with Crippen LogP contribution in [0.25, 0.3) is 0 Å². The number of rotatable bonds is 7. The van der Waals surface area contributed by atoms with E-state index in [0.717, 1.165) is 16.7 Å². The largest absolute Gasteiger partial charge is 0.503 e. The van der Waals surface area contributed by atoms with Gasteiger partial charge in [0.05, 0.1) is 11.6 Å². The molecule has 0 saturated carbocycles. The van der Waals surface area contributed by atoms with Gasteiger partial charge in [-0.3, -0.25) is 19.3 Å². The smallest absolute Gasteiger partial charge is 0.308 e. The molecule has 1 unspecified atom stereocenters. The van der Waals surface area contributed by atoms with Gasteiger partial charge in [0.1, 0.15) is 5.75 Å². The minimum atomic E-state index is -0.859. The second-order valence-electron chi connectivity index (χ2n) is 8.76. The summed E-state index contributed by atoms with van der Waals surface area (Å²) in [4.78, 5) is 39.7. The van der Waals surface area contributed by atoms with Crippen LogP contribution < -0.4 is 9.64 Å². The highest BCUT2D eigenvalue weighted by atomic mass is 16.5. The number of ketones is 1. The summed E-state index contributed by atoms with van der Waals surface area (Å²) >= 11 is 0. The predicted molar refractivity (Wildman–Crippen MR) is 133 cm³/mol. The monoisotopic (exact) mass is 469 g/mol. The molecule has 4 rings (SSSR count). The van der Waals surface area contributed by atoms with E-state index >= 15 is 0 Å². The van der Waals surface area contributed by atoms with Gasteiger partial charge in [0, 0.05) is 19.0 Å². The van der Waals surface area contributed by atoms with Crippen LogP contribution in [-0.2, 0) is 20.8 Å². The number of Topliss-reactive ketones (excluding diaryl/α,β-unsaturated/α-hetero) is 1. The van der Waals surface area contributed by atoms with Gasteiger partial charge in [-0.1, -0.05) is 48.5 Å². The Balaban J connectivity index is 1.78. The maximum Gasteiger partial charge on any atom is 0.308 e. The van der Waals surface area contributed by atoms with Crippen molar-refractivity contribution in [1.82, 2.24) is 0 Å². The number of aliphatic hydroxyl groups excluding tert-OH is 1. The third kappa shape index (κ3) is 5.17. The van der Waals surface area contributed by atoms with E-state index in [2.05, 4.69) is 0 Å². The van der Waals surface area contributed by atoms with Crippen LogP contribution in [0.5, 0.6) is 5.75 Å². The molecule has 178 valence electrons. The Morgan fingerprint density at radius 3 is 2.29 bits per heavy atom. The molecule has 0 radical (unpaired) electrons. The number of anilines is 1. The van der Waals surface area contributed by atoms with Gasteiger partial charge < -0.3 is 9.84 Å². The topological polar surface area (TPSA) is 83.9 Å². The average molecular weight is 470 g/mol. The maximum absolute atomic E-state index is 13.4. The molecule has 0 bridgehead atoms. The number of benzene rings is 3. The van der Waals surface area contributed by atoms with Crippen molar-refractivity contribution < 1.29 is 24.2 Å². The third-order valence-electron chi connectivity index (χ3n) is 5.91. The summed E-state index contributed by atoms with van der Waals surface area (Å²) in [7, 11) is 0. The molecule has 1 amide bonds. The molecule has 6 nitrogen and oxygen atoms in total. The van der Waals surface area contributed by atoms with E-state index in [1.807, 2.05) is 62.4 Å². The van der Waals surface area contributed by atoms with E-state index in [4.69, 9.17) is 4.74 Å². The van der Waals surface area contributed by atoms with E-state index in [0.29, 0.717) is 23.4 Å². The van der Waals surface area contributed by atoms with E-state index in [-0.39, 0.29) is 17.8 Å². The molecule has 0 spiro atoms. The molecule has 3 aromatic carbocycles. The summed E-state index contributed by atoms with van der Waals surface area (Å²) in [6.07, 6.45) is 0.617. The Kier molecular flexibility index (Phi) is 6.82. The number of nitrogens with zero attached hydrogens (tertiary/aromatic N) is 1. The van der Waals surface area contributed by atoms with Crippen LogP contribution in [0.3, 0.4) is 0 Å². The number of carbonyl (C=O) groups is 3. The number of esters is 1. The van der Waals surface area contributed by atoms with Crippen molar-refractivity contribution >= 4 is 23.3 Å². The first-order valence-electron chi connectivity index (χ1n) is 11.4. The number of ether oxygens (including phenoxy) is 1. The van der Waals surface area contributed by atoms with Gasteiger partial charge in [0.2, 0.25) is 0 Å². The SMILES string of the molecule is CC(=O)Oc1cccc(C2C(C(=O)CCc3ccccc3)=C(O)C(=O)N2c2cc(C)cc(C)c2)c1. The Morgan fingerprint density at radius 1 is 0.943 bits per heavy atom. The molecule has 1 N–H and O–H groups in total. The van der Waals surface area contributed by atoms with E-state index in [1.165, 1.54) is 11.8 Å². The second kappa shape index (κ2) is 9.97. The van der Waals surface area contributed by atoms with E-state index in [9.17, 15) is 19.5 Å². The number of carbonyl (C=O) groups excluding carboxylic acids is 3. The fraction of sp³-hybridized carbons (Fsp3) is 0.207. The zero-order valence-electron chi connectivity index (χ0n) is 19.9. The van der Waals surface area contributed by atoms with Gasteiger partial charge in [-0.2, -0.15) is 0 Å². The number of hydrogen-bond donors (Lipinski definition) is 1. The van der Waals surface area contributed by atoms with Crippen molar-refractivity contribution in [3.8, 4) is 5.75 Å². The quantitative estimate of drug-likeness (QED) is 0.373.